The molecule has 0 radical (unpaired) electrons. The average Bonchev–Trinajstić information content (AvgIpc) is 2.30. The number of aromatic nitrogens is 1. The van der Waals surface area contributed by atoms with Crippen LogP contribution < -0.4 is 5.73 Å². The van der Waals surface area contributed by atoms with E-state index in [0.29, 0.717) is 5.56 Å². The van der Waals surface area contributed by atoms with Gasteiger partial charge in [0.25, 0.3) is 0 Å². The molecule has 0 aliphatic carbocycles. The summed E-state index contributed by atoms with van der Waals surface area (Å²) in [7, 11) is 0. The van der Waals surface area contributed by atoms with E-state index in [0.717, 1.165) is 11.1 Å². The Hall–Kier alpha value is -2.16. The van der Waals surface area contributed by atoms with Crippen LogP contribution in [0.4, 0.5) is 0 Å². The molecule has 1 amide bonds. The molecule has 0 bridgehead atoms. The Morgan fingerprint density at radius 2 is 1.93 bits per heavy atom. The average molecular weight is 198 g/mol. The smallest absolute Gasteiger partial charge is 0.249 e. The summed E-state index contributed by atoms with van der Waals surface area (Å²) in [5.41, 5.74) is 7.52. The first-order valence-electron chi connectivity index (χ1n) is 4.58. The van der Waals surface area contributed by atoms with E-state index in [1.54, 1.807) is 24.5 Å². The summed E-state index contributed by atoms with van der Waals surface area (Å²) in [6, 6.07) is 11.0. The highest BCUT2D eigenvalue weighted by Gasteiger charge is 2.08. The van der Waals surface area contributed by atoms with E-state index >= 15 is 0 Å². The zero-order chi connectivity index (χ0) is 10.7. The third kappa shape index (κ3) is 1.86. The van der Waals surface area contributed by atoms with E-state index in [1.807, 2.05) is 24.3 Å². The molecule has 0 fully saturated rings. The maximum absolute atomic E-state index is 11.2. The van der Waals surface area contributed by atoms with Crippen LogP contribution in [0, 0.1) is 0 Å². The summed E-state index contributed by atoms with van der Waals surface area (Å²) in [5.74, 6) is -0.422. The standard InChI is InChI=1S/C12H10N2O/c13-12(15)11-6-2-1-5-10(11)9-4-3-7-14-8-9/h1-8H,(H2,13,15). The number of hydrogen-bond acceptors (Lipinski definition) is 2. The SMILES string of the molecule is NC(=O)c1ccccc1-c1cccnc1. The Morgan fingerprint density at radius 1 is 1.13 bits per heavy atom. The van der Waals surface area contributed by atoms with Gasteiger partial charge in [0.1, 0.15) is 0 Å². The van der Waals surface area contributed by atoms with Gasteiger partial charge in [-0.2, -0.15) is 0 Å². The van der Waals surface area contributed by atoms with Gasteiger partial charge in [0.15, 0.2) is 0 Å². The van der Waals surface area contributed by atoms with Gasteiger partial charge in [-0.05, 0) is 17.7 Å². The van der Waals surface area contributed by atoms with Crippen LogP contribution in [-0.4, -0.2) is 10.9 Å². The van der Waals surface area contributed by atoms with Gasteiger partial charge < -0.3 is 5.73 Å². The first kappa shape index (κ1) is 9.40. The normalized spacial score (nSPS) is 9.87. The van der Waals surface area contributed by atoms with Crippen molar-refractivity contribution >= 4 is 5.91 Å². The highest BCUT2D eigenvalue weighted by atomic mass is 16.1. The second-order valence-electron chi connectivity index (χ2n) is 3.15. The number of carbonyl (C=O) groups excluding carboxylic acids is 1. The van der Waals surface area contributed by atoms with Gasteiger partial charge >= 0.3 is 0 Å². The molecule has 0 saturated heterocycles. The van der Waals surface area contributed by atoms with Crippen LogP contribution in [0.5, 0.6) is 0 Å². The molecule has 2 rings (SSSR count). The topological polar surface area (TPSA) is 56.0 Å². The molecule has 1 aromatic heterocycles. The number of carbonyl (C=O) groups is 1. The quantitative estimate of drug-likeness (QED) is 0.800. The van der Waals surface area contributed by atoms with Crippen molar-refractivity contribution in [2.24, 2.45) is 5.73 Å². The lowest BCUT2D eigenvalue weighted by Crippen LogP contribution is -2.12. The van der Waals surface area contributed by atoms with Crippen molar-refractivity contribution in [3.05, 3.63) is 54.4 Å². The summed E-state index contributed by atoms with van der Waals surface area (Å²) in [4.78, 5) is 15.2. The predicted octanol–water partition coefficient (Wildman–Crippen LogP) is 1.85. The van der Waals surface area contributed by atoms with Crippen molar-refractivity contribution < 1.29 is 4.79 Å². The van der Waals surface area contributed by atoms with Crippen LogP contribution in [0.3, 0.4) is 0 Å². The molecule has 0 aliphatic heterocycles. The number of rotatable bonds is 2. The fourth-order valence-electron chi connectivity index (χ4n) is 1.47. The van der Waals surface area contributed by atoms with Crippen molar-refractivity contribution in [3.63, 3.8) is 0 Å². The number of pyridine rings is 1. The molecule has 0 aliphatic rings. The lowest BCUT2D eigenvalue weighted by atomic mass is 10.0. The molecule has 1 heterocycles. The fraction of sp³-hybridized carbons (Fsp3) is 0. The van der Waals surface area contributed by atoms with Gasteiger partial charge in [-0.1, -0.05) is 24.3 Å². The number of amides is 1. The molecule has 0 saturated carbocycles. The number of hydrogen-bond donors (Lipinski definition) is 1. The van der Waals surface area contributed by atoms with E-state index in [4.69, 9.17) is 5.73 Å². The Balaban J connectivity index is 2.58. The minimum absolute atomic E-state index is 0.422. The van der Waals surface area contributed by atoms with Gasteiger partial charge in [0, 0.05) is 23.5 Å². The van der Waals surface area contributed by atoms with Crippen LogP contribution in [0.1, 0.15) is 10.4 Å². The molecule has 0 spiro atoms. The second kappa shape index (κ2) is 3.92. The minimum atomic E-state index is -0.422. The largest absolute Gasteiger partial charge is 0.366 e. The van der Waals surface area contributed by atoms with Crippen molar-refractivity contribution in [1.82, 2.24) is 4.98 Å². The number of benzene rings is 1. The van der Waals surface area contributed by atoms with E-state index in [2.05, 4.69) is 4.98 Å². The first-order chi connectivity index (χ1) is 7.29. The summed E-state index contributed by atoms with van der Waals surface area (Å²) < 4.78 is 0. The summed E-state index contributed by atoms with van der Waals surface area (Å²) in [6.45, 7) is 0. The van der Waals surface area contributed by atoms with Gasteiger partial charge in [-0.15, -0.1) is 0 Å². The van der Waals surface area contributed by atoms with Crippen LogP contribution in [0.25, 0.3) is 11.1 Å². The molecule has 0 unspecified atom stereocenters. The molecule has 2 N–H and O–H groups in total. The van der Waals surface area contributed by atoms with E-state index < -0.39 is 5.91 Å². The van der Waals surface area contributed by atoms with E-state index in [9.17, 15) is 4.79 Å². The lowest BCUT2D eigenvalue weighted by Gasteiger charge is -2.05. The summed E-state index contributed by atoms with van der Waals surface area (Å²) in [5, 5.41) is 0. The van der Waals surface area contributed by atoms with Gasteiger partial charge in [0.2, 0.25) is 5.91 Å². The summed E-state index contributed by atoms with van der Waals surface area (Å²) >= 11 is 0. The monoisotopic (exact) mass is 198 g/mol. The van der Waals surface area contributed by atoms with Crippen molar-refractivity contribution in [1.29, 1.82) is 0 Å². The lowest BCUT2D eigenvalue weighted by molar-refractivity contribution is 0.100. The Morgan fingerprint density at radius 3 is 2.60 bits per heavy atom. The van der Waals surface area contributed by atoms with Crippen molar-refractivity contribution in [3.8, 4) is 11.1 Å². The van der Waals surface area contributed by atoms with E-state index in [1.165, 1.54) is 0 Å². The van der Waals surface area contributed by atoms with Crippen LogP contribution in [0.2, 0.25) is 0 Å². The maximum atomic E-state index is 11.2. The Kier molecular flexibility index (Phi) is 2.46. The Labute approximate surface area is 87.6 Å². The minimum Gasteiger partial charge on any atom is -0.366 e. The van der Waals surface area contributed by atoms with Gasteiger partial charge in [-0.25, -0.2) is 0 Å². The molecular formula is C12H10N2O. The second-order valence-corrected chi connectivity index (χ2v) is 3.15. The molecule has 15 heavy (non-hydrogen) atoms. The first-order valence-corrected chi connectivity index (χ1v) is 4.58. The molecule has 0 atom stereocenters. The molecule has 3 nitrogen and oxygen atoms in total. The van der Waals surface area contributed by atoms with Gasteiger partial charge in [-0.3, -0.25) is 9.78 Å². The maximum Gasteiger partial charge on any atom is 0.249 e. The summed E-state index contributed by atoms with van der Waals surface area (Å²) in [6.07, 6.45) is 3.40. The zero-order valence-corrected chi connectivity index (χ0v) is 8.05. The molecule has 3 heteroatoms. The highest BCUT2D eigenvalue weighted by molar-refractivity contribution is 5.99. The van der Waals surface area contributed by atoms with Crippen molar-refractivity contribution in [2.75, 3.05) is 0 Å². The Bertz CT molecular complexity index is 480. The molecular weight excluding hydrogens is 188 g/mol. The number of nitrogens with zero attached hydrogens (tertiary/aromatic N) is 1. The van der Waals surface area contributed by atoms with Crippen LogP contribution in [0.15, 0.2) is 48.8 Å². The molecule has 1 aromatic carbocycles. The fourth-order valence-corrected chi connectivity index (χ4v) is 1.47. The third-order valence-corrected chi connectivity index (χ3v) is 2.17. The third-order valence-electron chi connectivity index (χ3n) is 2.17. The van der Waals surface area contributed by atoms with E-state index in [-0.39, 0.29) is 0 Å². The molecule has 2 aromatic rings. The van der Waals surface area contributed by atoms with Crippen molar-refractivity contribution in [2.45, 2.75) is 0 Å². The number of primary amides is 1. The highest BCUT2D eigenvalue weighted by Crippen LogP contribution is 2.21. The number of nitrogens with two attached hydrogens (primary N) is 1. The molecule has 74 valence electrons. The zero-order valence-electron chi connectivity index (χ0n) is 8.05. The van der Waals surface area contributed by atoms with Crippen LogP contribution in [-0.2, 0) is 0 Å². The predicted molar refractivity (Wildman–Crippen MR) is 58.2 cm³/mol. The van der Waals surface area contributed by atoms with Gasteiger partial charge in [0.05, 0.1) is 0 Å². The van der Waals surface area contributed by atoms with Crippen LogP contribution >= 0.6 is 0 Å².